The SMILES string of the molecule is COC(=O)[C@H]1CC[C@@]2(C[C@@H](c3cc(-n4cncc4C(F)(F)F)ccc3C(C)C)CO2)[C@@H]1c1ccc(F)cc1. The van der Waals surface area contributed by atoms with Crippen LogP contribution in [0, 0.1) is 11.7 Å². The van der Waals surface area contributed by atoms with Crippen LogP contribution < -0.4 is 0 Å². The number of alkyl halides is 3. The van der Waals surface area contributed by atoms with Gasteiger partial charge in [-0.05, 0) is 66.1 Å². The van der Waals surface area contributed by atoms with Gasteiger partial charge in [-0.2, -0.15) is 13.2 Å². The molecule has 5 nitrogen and oxygen atoms in total. The predicted octanol–water partition coefficient (Wildman–Crippen LogP) is 6.76. The van der Waals surface area contributed by atoms with Crippen LogP contribution in [0.1, 0.15) is 73.2 Å². The fourth-order valence-corrected chi connectivity index (χ4v) is 6.39. The number of aromatic nitrogens is 2. The van der Waals surface area contributed by atoms with Gasteiger partial charge in [0.1, 0.15) is 11.5 Å². The quantitative estimate of drug-likeness (QED) is 0.270. The van der Waals surface area contributed by atoms with E-state index >= 15 is 0 Å². The van der Waals surface area contributed by atoms with Crippen molar-refractivity contribution in [3.63, 3.8) is 0 Å². The van der Waals surface area contributed by atoms with Crippen LogP contribution >= 0.6 is 0 Å². The Hall–Kier alpha value is -3.20. The third-order valence-electron chi connectivity index (χ3n) is 8.08. The number of rotatable bonds is 5. The Morgan fingerprint density at radius 2 is 1.92 bits per heavy atom. The van der Waals surface area contributed by atoms with Crippen molar-refractivity contribution < 1.29 is 31.8 Å². The summed E-state index contributed by atoms with van der Waals surface area (Å²) < 4.78 is 67.2. The molecule has 5 rings (SSSR count). The van der Waals surface area contributed by atoms with Gasteiger partial charge in [0.15, 0.2) is 0 Å². The van der Waals surface area contributed by atoms with Gasteiger partial charge in [-0.1, -0.05) is 32.0 Å². The van der Waals surface area contributed by atoms with Crippen LogP contribution in [0.5, 0.6) is 0 Å². The summed E-state index contributed by atoms with van der Waals surface area (Å²) in [6.45, 7) is 4.46. The summed E-state index contributed by atoms with van der Waals surface area (Å²) in [5.74, 6) is -1.40. The Morgan fingerprint density at radius 3 is 2.58 bits per heavy atom. The molecule has 1 aliphatic heterocycles. The normalized spacial score (nSPS) is 25.4. The first-order chi connectivity index (χ1) is 18.0. The van der Waals surface area contributed by atoms with Crippen LogP contribution in [0.4, 0.5) is 17.6 Å². The van der Waals surface area contributed by atoms with Crippen molar-refractivity contribution in [3.8, 4) is 5.69 Å². The van der Waals surface area contributed by atoms with Gasteiger partial charge in [-0.25, -0.2) is 9.37 Å². The van der Waals surface area contributed by atoms with Crippen molar-refractivity contribution in [2.45, 2.75) is 62.6 Å². The fraction of sp³-hybridized carbons (Fsp3) is 0.448. The summed E-state index contributed by atoms with van der Waals surface area (Å²) >= 11 is 0. The number of carbonyl (C=O) groups is 1. The maximum Gasteiger partial charge on any atom is 0.433 e. The second-order valence-electron chi connectivity index (χ2n) is 10.6. The molecule has 3 aromatic rings. The van der Waals surface area contributed by atoms with E-state index in [1.165, 1.54) is 25.6 Å². The van der Waals surface area contributed by atoms with Gasteiger partial charge in [-0.15, -0.1) is 0 Å². The van der Waals surface area contributed by atoms with Crippen LogP contribution in [0.2, 0.25) is 0 Å². The van der Waals surface area contributed by atoms with Gasteiger partial charge in [0, 0.05) is 17.5 Å². The number of ether oxygens (including phenoxy) is 2. The molecular weight excluding hydrogens is 500 g/mol. The molecule has 1 aromatic heterocycles. The second-order valence-corrected chi connectivity index (χ2v) is 10.6. The minimum atomic E-state index is -4.54. The first-order valence-corrected chi connectivity index (χ1v) is 12.7. The fourth-order valence-electron chi connectivity index (χ4n) is 6.39. The Labute approximate surface area is 218 Å². The van der Waals surface area contributed by atoms with Gasteiger partial charge in [0.25, 0.3) is 0 Å². The zero-order valence-corrected chi connectivity index (χ0v) is 21.5. The highest BCUT2D eigenvalue weighted by atomic mass is 19.4. The predicted molar refractivity (Wildman–Crippen MR) is 133 cm³/mol. The molecule has 2 fully saturated rings. The molecule has 1 saturated carbocycles. The van der Waals surface area contributed by atoms with Crippen LogP contribution in [0.3, 0.4) is 0 Å². The van der Waals surface area contributed by atoms with Crippen LogP contribution in [-0.4, -0.2) is 34.8 Å². The summed E-state index contributed by atoms with van der Waals surface area (Å²) in [5.41, 5.74) is 1.64. The van der Waals surface area contributed by atoms with E-state index in [1.807, 2.05) is 19.9 Å². The molecule has 1 spiro atoms. The Kier molecular flexibility index (Phi) is 6.84. The lowest BCUT2D eigenvalue weighted by Crippen LogP contribution is -2.35. The first-order valence-electron chi connectivity index (χ1n) is 12.7. The van der Waals surface area contributed by atoms with Crippen molar-refractivity contribution in [1.29, 1.82) is 0 Å². The topological polar surface area (TPSA) is 53.4 Å². The van der Waals surface area contributed by atoms with Crippen molar-refractivity contribution in [2.75, 3.05) is 13.7 Å². The van der Waals surface area contributed by atoms with Crippen LogP contribution in [0.15, 0.2) is 55.0 Å². The minimum Gasteiger partial charge on any atom is -0.469 e. The second kappa shape index (κ2) is 9.84. The molecule has 2 aromatic carbocycles. The monoisotopic (exact) mass is 530 g/mol. The van der Waals surface area contributed by atoms with E-state index in [2.05, 4.69) is 4.98 Å². The summed E-state index contributed by atoms with van der Waals surface area (Å²) in [7, 11) is 1.36. The smallest absolute Gasteiger partial charge is 0.433 e. The number of imidazole rings is 1. The summed E-state index contributed by atoms with van der Waals surface area (Å²) in [6.07, 6.45) is -0.760. The number of esters is 1. The lowest BCUT2D eigenvalue weighted by molar-refractivity contribution is -0.147. The molecule has 38 heavy (non-hydrogen) atoms. The number of benzene rings is 2. The standard InChI is InChI=1S/C29H30F4N2O3/c1-17(2)22-9-8-21(35-16-34-14-25(35)29(31,32)33)12-24(22)19-13-28(38-15-19)11-10-23(27(36)37-3)26(28)18-4-6-20(30)7-5-18/h4-9,12,14,16-17,19,23,26H,10-11,13,15H2,1-3H3/t19-,23+,26-,28-/m1/s1. The van der Waals surface area contributed by atoms with E-state index in [9.17, 15) is 22.4 Å². The highest BCUT2D eigenvalue weighted by molar-refractivity contribution is 5.74. The maximum atomic E-state index is 13.7. The van der Waals surface area contributed by atoms with E-state index < -0.39 is 23.4 Å². The molecule has 0 N–H and O–H groups in total. The molecule has 0 unspecified atom stereocenters. The van der Waals surface area contributed by atoms with Gasteiger partial charge in [0.05, 0.1) is 37.8 Å². The zero-order chi connectivity index (χ0) is 27.2. The highest BCUT2D eigenvalue weighted by Crippen LogP contribution is 2.57. The molecule has 2 aliphatic rings. The number of halogens is 4. The number of nitrogens with zero attached hydrogens (tertiary/aromatic N) is 2. The lowest BCUT2D eigenvalue weighted by atomic mass is 9.75. The summed E-state index contributed by atoms with van der Waals surface area (Å²) in [4.78, 5) is 16.5. The average molecular weight is 531 g/mol. The summed E-state index contributed by atoms with van der Waals surface area (Å²) in [5, 5.41) is 0. The van der Waals surface area contributed by atoms with E-state index in [0.717, 1.165) is 27.5 Å². The molecule has 2 heterocycles. The van der Waals surface area contributed by atoms with E-state index in [-0.39, 0.29) is 29.5 Å². The first kappa shape index (κ1) is 26.4. The zero-order valence-electron chi connectivity index (χ0n) is 21.5. The van der Waals surface area contributed by atoms with Crippen LogP contribution in [-0.2, 0) is 20.4 Å². The van der Waals surface area contributed by atoms with Crippen molar-refractivity contribution in [2.24, 2.45) is 5.92 Å². The van der Waals surface area contributed by atoms with Crippen molar-refractivity contribution in [3.05, 3.63) is 83.2 Å². The Bertz CT molecular complexity index is 1320. The minimum absolute atomic E-state index is 0.0930. The maximum absolute atomic E-state index is 13.7. The van der Waals surface area contributed by atoms with E-state index in [1.54, 1.807) is 24.3 Å². The molecule has 9 heteroatoms. The summed E-state index contributed by atoms with van der Waals surface area (Å²) in [6, 6.07) is 11.5. The van der Waals surface area contributed by atoms with Crippen LogP contribution in [0.25, 0.3) is 5.69 Å². The average Bonchev–Trinajstić information content (AvgIpc) is 3.63. The molecule has 0 amide bonds. The molecule has 1 aliphatic carbocycles. The lowest BCUT2D eigenvalue weighted by Gasteiger charge is -2.33. The number of methoxy groups -OCH3 is 1. The van der Waals surface area contributed by atoms with Crippen molar-refractivity contribution in [1.82, 2.24) is 9.55 Å². The van der Waals surface area contributed by atoms with Gasteiger partial charge in [-0.3, -0.25) is 9.36 Å². The largest absolute Gasteiger partial charge is 0.469 e. The Balaban J connectivity index is 1.53. The molecule has 1 saturated heterocycles. The highest BCUT2D eigenvalue weighted by Gasteiger charge is 2.56. The van der Waals surface area contributed by atoms with Crippen molar-refractivity contribution >= 4 is 5.97 Å². The van der Waals surface area contributed by atoms with Gasteiger partial charge < -0.3 is 9.47 Å². The Morgan fingerprint density at radius 1 is 1.18 bits per heavy atom. The molecular formula is C29H30F4N2O3. The molecule has 0 radical (unpaired) electrons. The van der Waals surface area contributed by atoms with Gasteiger partial charge in [0.2, 0.25) is 0 Å². The molecule has 202 valence electrons. The third kappa shape index (κ3) is 4.61. The van der Waals surface area contributed by atoms with Gasteiger partial charge >= 0.3 is 12.1 Å². The van der Waals surface area contributed by atoms with E-state index in [4.69, 9.17) is 9.47 Å². The number of carbonyl (C=O) groups excluding carboxylic acids is 1. The molecule has 4 atom stereocenters. The van der Waals surface area contributed by atoms with E-state index in [0.29, 0.717) is 31.6 Å². The molecule has 0 bridgehead atoms. The number of hydrogen-bond donors (Lipinski definition) is 0. The number of hydrogen-bond acceptors (Lipinski definition) is 4. The third-order valence-corrected chi connectivity index (χ3v) is 8.08.